The lowest BCUT2D eigenvalue weighted by molar-refractivity contribution is -0.122. The summed E-state index contributed by atoms with van der Waals surface area (Å²) in [5.74, 6) is 0.893. The second-order valence-electron chi connectivity index (χ2n) is 7.43. The third-order valence-corrected chi connectivity index (χ3v) is 7.66. The summed E-state index contributed by atoms with van der Waals surface area (Å²) in [6, 6.07) is 11.1. The lowest BCUT2D eigenvalue weighted by atomic mass is 10.2. The molecule has 1 fully saturated rings. The van der Waals surface area contributed by atoms with Crippen LogP contribution >= 0.6 is 23.4 Å². The highest BCUT2D eigenvalue weighted by Crippen LogP contribution is 2.35. The molecule has 2 aromatic rings. The molecule has 0 spiro atoms. The van der Waals surface area contributed by atoms with Crippen molar-refractivity contribution in [2.45, 2.75) is 38.0 Å². The Hall–Kier alpha value is -2.49. The number of methoxy groups -OCH3 is 1. The first-order valence-electron chi connectivity index (χ1n) is 10.9. The zero-order chi connectivity index (χ0) is 24.7. The van der Waals surface area contributed by atoms with Gasteiger partial charge in [-0.25, -0.2) is 0 Å². The van der Waals surface area contributed by atoms with Crippen LogP contribution in [0.4, 0.5) is 0 Å². The van der Waals surface area contributed by atoms with Gasteiger partial charge in [-0.3, -0.25) is 9.69 Å². The number of sulfonamides is 1. The monoisotopic (exact) mass is 522 g/mol. The Kier molecular flexibility index (Phi) is 9.04. The average Bonchev–Trinajstić information content (AvgIpc) is 3.10. The zero-order valence-corrected chi connectivity index (χ0v) is 21.7. The van der Waals surface area contributed by atoms with Gasteiger partial charge in [0.05, 0.1) is 23.5 Å². The number of thioether (sulfide) groups is 1. The molecule has 0 radical (unpaired) electrons. The highest BCUT2D eigenvalue weighted by atomic mass is 35.5. The molecule has 0 aliphatic carbocycles. The number of unbranched alkanes of at least 4 members (excludes halogenated alkanes) is 2. The number of hydrogen-bond acceptors (Lipinski definition) is 6. The smallest absolute Gasteiger partial charge is 0.284 e. The molecule has 1 amide bonds. The Morgan fingerprint density at radius 3 is 2.47 bits per heavy atom. The van der Waals surface area contributed by atoms with Crippen LogP contribution in [0.3, 0.4) is 0 Å². The van der Waals surface area contributed by atoms with E-state index >= 15 is 0 Å². The standard InChI is InChI=1S/C24H27ClN2O5S2/c1-4-6-7-14-32-21-15-17(8-13-20(21)31-3)16-22-23(28)27(5-2)24(33-22)26-34(29,30)19-11-9-18(25)10-12-19/h8-13,15-16H,4-7,14H2,1-3H3/b22-16-,26-24+. The summed E-state index contributed by atoms with van der Waals surface area (Å²) >= 11 is 6.87. The van der Waals surface area contributed by atoms with Crippen LogP contribution < -0.4 is 9.47 Å². The van der Waals surface area contributed by atoms with E-state index in [0.29, 0.717) is 28.0 Å². The second-order valence-corrected chi connectivity index (χ2v) is 10.5. The van der Waals surface area contributed by atoms with Crippen molar-refractivity contribution in [3.63, 3.8) is 0 Å². The summed E-state index contributed by atoms with van der Waals surface area (Å²) in [4.78, 5) is 14.7. The van der Waals surface area contributed by atoms with Crippen LogP contribution in [-0.2, 0) is 14.8 Å². The van der Waals surface area contributed by atoms with E-state index in [4.69, 9.17) is 21.1 Å². The summed E-state index contributed by atoms with van der Waals surface area (Å²) in [5.41, 5.74) is 0.736. The third kappa shape index (κ3) is 6.34. The quantitative estimate of drug-likeness (QED) is 0.298. The summed E-state index contributed by atoms with van der Waals surface area (Å²) < 4.78 is 40.7. The van der Waals surface area contributed by atoms with Gasteiger partial charge in [0.1, 0.15) is 0 Å². The fourth-order valence-electron chi connectivity index (χ4n) is 3.20. The number of amidine groups is 1. The van der Waals surface area contributed by atoms with Crippen LogP contribution in [0.2, 0.25) is 5.02 Å². The van der Waals surface area contributed by atoms with Gasteiger partial charge in [0.2, 0.25) is 0 Å². The molecule has 1 saturated heterocycles. The van der Waals surface area contributed by atoms with Crippen molar-refractivity contribution >= 4 is 50.5 Å². The number of halogens is 1. The first kappa shape index (κ1) is 26.1. The highest BCUT2D eigenvalue weighted by Gasteiger charge is 2.34. The molecule has 0 N–H and O–H groups in total. The van der Waals surface area contributed by atoms with Crippen molar-refractivity contribution in [3.05, 3.63) is 58.0 Å². The van der Waals surface area contributed by atoms with E-state index in [1.165, 1.54) is 29.2 Å². The van der Waals surface area contributed by atoms with Crippen LogP contribution in [0.5, 0.6) is 11.5 Å². The van der Waals surface area contributed by atoms with E-state index in [1.807, 2.05) is 12.1 Å². The minimum absolute atomic E-state index is 0.00551. The Labute approximate surface area is 209 Å². The summed E-state index contributed by atoms with van der Waals surface area (Å²) in [6.45, 7) is 4.75. The van der Waals surface area contributed by atoms with E-state index in [0.717, 1.165) is 36.6 Å². The van der Waals surface area contributed by atoms with Crippen LogP contribution in [0.15, 0.2) is 56.7 Å². The average molecular weight is 523 g/mol. The van der Waals surface area contributed by atoms with Crippen molar-refractivity contribution < 1.29 is 22.7 Å². The molecule has 1 aliphatic heterocycles. The van der Waals surface area contributed by atoms with Gasteiger partial charge >= 0.3 is 0 Å². The van der Waals surface area contributed by atoms with Gasteiger partial charge in [0, 0.05) is 11.6 Å². The van der Waals surface area contributed by atoms with Gasteiger partial charge in [-0.15, -0.1) is 4.40 Å². The maximum Gasteiger partial charge on any atom is 0.284 e. The lowest BCUT2D eigenvalue weighted by Crippen LogP contribution is -2.29. The number of ether oxygens (including phenoxy) is 2. The molecular formula is C24H27ClN2O5S2. The molecule has 1 aliphatic rings. The maximum atomic E-state index is 13.0. The number of carbonyl (C=O) groups is 1. The Morgan fingerprint density at radius 2 is 1.82 bits per heavy atom. The number of rotatable bonds is 10. The largest absolute Gasteiger partial charge is 0.493 e. The molecule has 34 heavy (non-hydrogen) atoms. The molecule has 3 rings (SSSR count). The van der Waals surface area contributed by atoms with E-state index in [1.54, 1.807) is 26.2 Å². The van der Waals surface area contributed by atoms with Gasteiger partial charge in [-0.2, -0.15) is 8.42 Å². The lowest BCUT2D eigenvalue weighted by Gasteiger charge is -2.12. The molecule has 0 aromatic heterocycles. The Morgan fingerprint density at radius 1 is 1.09 bits per heavy atom. The van der Waals surface area contributed by atoms with Crippen LogP contribution in [0, 0.1) is 0 Å². The molecule has 0 unspecified atom stereocenters. The van der Waals surface area contributed by atoms with Gasteiger partial charge in [0.25, 0.3) is 15.9 Å². The summed E-state index contributed by atoms with van der Waals surface area (Å²) in [7, 11) is -2.43. The topological polar surface area (TPSA) is 85.3 Å². The molecule has 0 atom stereocenters. The minimum Gasteiger partial charge on any atom is -0.493 e. The maximum absolute atomic E-state index is 13.0. The van der Waals surface area contributed by atoms with E-state index < -0.39 is 10.0 Å². The fraction of sp³-hybridized carbons (Fsp3) is 0.333. The Balaban J connectivity index is 1.88. The van der Waals surface area contributed by atoms with Gasteiger partial charge in [0.15, 0.2) is 16.7 Å². The number of amides is 1. The molecule has 182 valence electrons. The van der Waals surface area contributed by atoms with Crippen molar-refractivity contribution in [2.75, 3.05) is 20.3 Å². The van der Waals surface area contributed by atoms with Gasteiger partial charge in [-0.05, 0) is 73.1 Å². The molecule has 10 heteroatoms. The second kappa shape index (κ2) is 11.8. The van der Waals surface area contributed by atoms with Crippen molar-refractivity contribution in [2.24, 2.45) is 4.40 Å². The van der Waals surface area contributed by atoms with Crippen molar-refractivity contribution in [1.82, 2.24) is 4.90 Å². The number of nitrogens with zero attached hydrogens (tertiary/aromatic N) is 2. The number of likely N-dealkylation sites (N-methyl/N-ethyl adjacent to an activating group) is 1. The summed E-state index contributed by atoms with van der Waals surface area (Å²) in [6.07, 6.45) is 4.81. The van der Waals surface area contributed by atoms with E-state index in [2.05, 4.69) is 11.3 Å². The molecule has 2 aromatic carbocycles. The Bertz CT molecular complexity index is 1190. The van der Waals surface area contributed by atoms with Crippen molar-refractivity contribution in [1.29, 1.82) is 0 Å². The third-order valence-electron chi connectivity index (χ3n) is 5.00. The molecule has 0 bridgehead atoms. The first-order chi connectivity index (χ1) is 16.3. The fourth-order valence-corrected chi connectivity index (χ4v) is 5.57. The zero-order valence-electron chi connectivity index (χ0n) is 19.3. The molecule has 1 heterocycles. The van der Waals surface area contributed by atoms with Crippen LogP contribution in [0.1, 0.15) is 38.7 Å². The highest BCUT2D eigenvalue weighted by molar-refractivity contribution is 8.19. The van der Waals surface area contributed by atoms with E-state index in [-0.39, 0.29) is 22.5 Å². The SMILES string of the molecule is CCCCCOc1cc(/C=C2\S/C(=N/S(=O)(=O)c3ccc(Cl)cc3)N(CC)C2=O)ccc1OC. The normalized spacial score (nSPS) is 16.5. The van der Waals surface area contributed by atoms with Gasteiger partial charge in [-0.1, -0.05) is 37.4 Å². The minimum atomic E-state index is -4.00. The van der Waals surface area contributed by atoms with Gasteiger partial charge < -0.3 is 9.47 Å². The van der Waals surface area contributed by atoms with E-state index in [9.17, 15) is 13.2 Å². The summed E-state index contributed by atoms with van der Waals surface area (Å²) in [5, 5.41) is 0.531. The number of carbonyl (C=O) groups excluding carboxylic acids is 1. The first-order valence-corrected chi connectivity index (χ1v) is 13.5. The number of hydrogen-bond donors (Lipinski definition) is 0. The molecule has 7 nitrogen and oxygen atoms in total. The van der Waals surface area contributed by atoms with Crippen molar-refractivity contribution in [3.8, 4) is 11.5 Å². The predicted octanol–water partition coefficient (Wildman–Crippen LogP) is 5.60. The predicted molar refractivity (Wildman–Crippen MR) is 137 cm³/mol. The number of benzene rings is 2. The molecular weight excluding hydrogens is 496 g/mol. The van der Waals surface area contributed by atoms with Crippen LogP contribution in [0.25, 0.3) is 6.08 Å². The molecule has 0 saturated carbocycles. The van der Waals surface area contributed by atoms with Crippen LogP contribution in [-0.4, -0.2) is 44.7 Å².